The van der Waals surface area contributed by atoms with E-state index in [1.54, 1.807) is 35.6 Å². The number of aromatic nitrogens is 1. The third-order valence-corrected chi connectivity index (χ3v) is 6.94. The lowest BCUT2D eigenvalue weighted by molar-refractivity contribution is 0.132. The first-order valence-electron chi connectivity index (χ1n) is 9.34. The lowest BCUT2D eigenvalue weighted by Crippen LogP contribution is -2.47. The van der Waals surface area contributed by atoms with Crippen molar-refractivity contribution in [3.8, 4) is 5.75 Å². The molecule has 0 bridgehead atoms. The molecule has 2 heterocycles. The van der Waals surface area contributed by atoms with E-state index in [0.29, 0.717) is 12.3 Å². The summed E-state index contributed by atoms with van der Waals surface area (Å²) in [6.45, 7) is 4.87. The van der Waals surface area contributed by atoms with E-state index < -0.39 is 10.1 Å². The zero-order valence-electron chi connectivity index (χ0n) is 15.5. The van der Waals surface area contributed by atoms with Crippen LogP contribution in [-0.2, 0) is 16.7 Å². The normalized spacial score (nSPS) is 16.4. The van der Waals surface area contributed by atoms with E-state index in [0.717, 1.165) is 43.2 Å². The molecule has 1 saturated heterocycles. The largest absolute Gasteiger partial charge is 0.382 e. The van der Waals surface area contributed by atoms with Gasteiger partial charge in [-0.25, -0.2) is 4.98 Å². The highest BCUT2D eigenvalue weighted by Gasteiger charge is 2.21. The predicted octanol–water partition coefficient (Wildman–Crippen LogP) is 2.82. The second kappa shape index (κ2) is 8.57. The fourth-order valence-corrected chi connectivity index (χ4v) is 5.23. The van der Waals surface area contributed by atoms with Crippen LogP contribution in [0.4, 0.5) is 0 Å². The van der Waals surface area contributed by atoms with Crippen LogP contribution in [0, 0.1) is 0 Å². The van der Waals surface area contributed by atoms with Crippen molar-refractivity contribution in [1.29, 1.82) is 0 Å². The number of hydrogen-bond donors (Lipinski definition) is 0. The zero-order chi connectivity index (χ0) is 19.4. The number of piperazine rings is 1. The van der Waals surface area contributed by atoms with Crippen molar-refractivity contribution in [2.45, 2.75) is 6.54 Å². The molecule has 8 heteroatoms. The summed E-state index contributed by atoms with van der Waals surface area (Å²) in [4.78, 5) is 9.26. The van der Waals surface area contributed by atoms with Gasteiger partial charge in [0.05, 0.1) is 22.5 Å². The molecule has 6 nitrogen and oxygen atoms in total. The van der Waals surface area contributed by atoms with Gasteiger partial charge in [0.15, 0.2) is 0 Å². The number of hydrogen-bond acceptors (Lipinski definition) is 7. The smallest absolute Gasteiger partial charge is 0.310 e. The maximum atomic E-state index is 12.2. The average Bonchev–Trinajstić information content (AvgIpc) is 3.10. The van der Waals surface area contributed by atoms with Gasteiger partial charge in [-0.3, -0.25) is 9.80 Å². The first-order chi connectivity index (χ1) is 13.6. The Morgan fingerprint density at radius 2 is 1.61 bits per heavy atom. The van der Waals surface area contributed by atoms with Crippen LogP contribution in [0.5, 0.6) is 5.75 Å². The molecule has 0 unspecified atom stereocenters. The molecule has 0 radical (unpaired) electrons. The lowest BCUT2D eigenvalue weighted by atomic mass is 10.3. The summed E-state index contributed by atoms with van der Waals surface area (Å²) < 4.78 is 30.7. The summed E-state index contributed by atoms with van der Waals surface area (Å²) in [5, 5.41) is 1.13. The first-order valence-corrected chi connectivity index (χ1v) is 11.7. The van der Waals surface area contributed by atoms with Gasteiger partial charge in [0.1, 0.15) is 10.8 Å². The quantitative estimate of drug-likeness (QED) is 0.551. The molecular weight excluding hydrogens is 394 g/mol. The van der Waals surface area contributed by atoms with Crippen molar-refractivity contribution >= 4 is 31.7 Å². The Morgan fingerprint density at radius 3 is 2.36 bits per heavy atom. The topological polar surface area (TPSA) is 62.7 Å². The summed E-state index contributed by atoms with van der Waals surface area (Å²) in [5.74, 6) is 0.364. The Bertz CT molecular complexity index is 980. The minimum Gasteiger partial charge on any atom is -0.382 e. The number of nitrogens with zero attached hydrogens (tertiary/aromatic N) is 3. The Morgan fingerprint density at radius 1 is 0.929 bits per heavy atom. The molecular formula is C20H23N3O3S2. The summed E-state index contributed by atoms with van der Waals surface area (Å²) in [5.41, 5.74) is 1.06. The molecule has 3 aromatic rings. The van der Waals surface area contributed by atoms with Gasteiger partial charge in [-0.2, -0.15) is 8.42 Å². The van der Waals surface area contributed by atoms with Crippen LogP contribution in [-0.4, -0.2) is 61.7 Å². The van der Waals surface area contributed by atoms with Crippen LogP contribution in [0.2, 0.25) is 0 Å². The maximum Gasteiger partial charge on any atom is 0.310 e. The molecule has 1 aromatic heterocycles. The minimum absolute atomic E-state index is 0.000234. The van der Waals surface area contributed by atoms with Crippen LogP contribution in [0.3, 0.4) is 0 Å². The van der Waals surface area contributed by atoms with Crippen LogP contribution in [0.15, 0.2) is 54.6 Å². The number of fused-ring (bicyclic) bond motifs is 1. The van der Waals surface area contributed by atoms with Gasteiger partial charge in [-0.1, -0.05) is 30.3 Å². The summed E-state index contributed by atoms with van der Waals surface area (Å²) in [7, 11) is -3.57. The zero-order valence-corrected chi connectivity index (χ0v) is 17.2. The van der Waals surface area contributed by atoms with E-state index in [1.807, 2.05) is 24.3 Å². The molecule has 1 aliphatic heterocycles. The van der Waals surface area contributed by atoms with Gasteiger partial charge in [0, 0.05) is 32.7 Å². The van der Waals surface area contributed by atoms with Crippen LogP contribution >= 0.6 is 11.3 Å². The molecule has 2 aromatic carbocycles. The van der Waals surface area contributed by atoms with E-state index in [9.17, 15) is 8.42 Å². The second-order valence-corrected chi connectivity index (χ2v) is 9.66. The van der Waals surface area contributed by atoms with Crippen molar-refractivity contribution in [2.75, 3.05) is 38.5 Å². The van der Waals surface area contributed by atoms with Crippen molar-refractivity contribution in [3.05, 3.63) is 59.6 Å². The maximum absolute atomic E-state index is 12.2. The molecule has 1 fully saturated rings. The monoisotopic (exact) mass is 417 g/mol. The van der Waals surface area contributed by atoms with E-state index in [-0.39, 0.29) is 5.75 Å². The average molecular weight is 418 g/mol. The fourth-order valence-electron chi connectivity index (χ4n) is 3.26. The number of rotatable bonds is 7. The molecule has 0 amide bonds. The van der Waals surface area contributed by atoms with Crippen molar-refractivity contribution in [3.63, 3.8) is 0 Å². The molecule has 28 heavy (non-hydrogen) atoms. The Labute approximate surface area is 169 Å². The molecule has 0 spiro atoms. The van der Waals surface area contributed by atoms with Crippen molar-refractivity contribution < 1.29 is 12.6 Å². The predicted molar refractivity (Wildman–Crippen MR) is 112 cm³/mol. The van der Waals surface area contributed by atoms with Crippen molar-refractivity contribution in [2.24, 2.45) is 0 Å². The highest BCUT2D eigenvalue weighted by molar-refractivity contribution is 7.87. The third-order valence-electron chi connectivity index (χ3n) is 4.79. The lowest BCUT2D eigenvalue weighted by Gasteiger charge is -2.34. The standard InChI is InChI=1S/C20H23N3O3S2/c24-28(25,26-17-6-2-1-3-7-17)15-14-22-10-12-23(13-11-22)16-20-21-18-8-4-5-9-19(18)27-20/h1-9H,10-16H2. The number of benzene rings is 2. The van der Waals surface area contributed by atoms with Crippen LogP contribution < -0.4 is 4.18 Å². The van der Waals surface area contributed by atoms with Gasteiger partial charge in [-0.15, -0.1) is 11.3 Å². The summed E-state index contributed by atoms with van der Waals surface area (Å²) >= 11 is 1.74. The molecule has 0 saturated carbocycles. The van der Waals surface area contributed by atoms with Crippen molar-refractivity contribution in [1.82, 2.24) is 14.8 Å². The summed E-state index contributed by atoms with van der Waals surface area (Å²) in [6.07, 6.45) is 0. The van der Waals surface area contributed by atoms with Crippen LogP contribution in [0.25, 0.3) is 10.2 Å². The minimum atomic E-state index is -3.57. The molecule has 4 rings (SSSR count). The van der Waals surface area contributed by atoms with E-state index in [1.165, 1.54) is 4.70 Å². The van der Waals surface area contributed by atoms with Gasteiger partial charge in [0.25, 0.3) is 0 Å². The SMILES string of the molecule is O=S(=O)(CCN1CCN(Cc2nc3ccccc3s2)CC1)Oc1ccccc1. The highest BCUT2D eigenvalue weighted by Crippen LogP contribution is 2.23. The fraction of sp³-hybridized carbons (Fsp3) is 0.350. The molecule has 148 valence electrons. The molecule has 0 N–H and O–H groups in total. The van der Waals surface area contributed by atoms with Gasteiger partial charge >= 0.3 is 10.1 Å². The first kappa shape index (κ1) is 19.3. The van der Waals surface area contributed by atoms with E-state index in [4.69, 9.17) is 9.17 Å². The van der Waals surface area contributed by atoms with Crippen LogP contribution in [0.1, 0.15) is 5.01 Å². The second-order valence-electron chi connectivity index (χ2n) is 6.85. The van der Waals surface area contributed by atoms with E-state index in [2.05, 4.69) is 15.9 Å². The molecule has 0 aliphatic carbocycles. The Balaban J connectivity index is 1.24. The van der Waals surface area contributed by atoms with Gasteiger partial charge in [-0.05, 0) is 24.3 Å². The van der Waals surface area contributed by atoms with Gasteiger partial charge < -0.3 is 4.18 Å². The van der Waals surface area contributed by atoms with E-state index >= 15 is 0 Å². The van der Waals surface area contributed by atoms with Gasteiger partial charge in [0.2, 0.25) is 0 Å². The number of para-hydroxylation sites is 2. The Kier molecular flexibility index (Phi) is 5.91. The Hall–Kier alpha value is -2.00. The number of thiazole rings is 1. The third kappa shape index (κ3) is 5.08. The summed E-state index contributed by atoms with van der Waals surface area (Å²) in [6, 6.07) is 16.9. The molecule has 1 aliphatic rings. The molecule has 0 atom stereocenters. The highest BCUT2D eigenvalue weighted by atomic mass is 32.2.